The number of aromatic nitrogens is 1. The number of aromatic amines is 1. The summed E-state index contributed by atoms with van der Waals surface area (Å²) in [6, 6.07) is 7.25. The Hall–Kier alpha value is -3.18. The zero-order valence-corrected chi connectivity index (χ0v) is 26.3. The molecule has 0 aliphatic carbocycles. The number of unbranched alkanes of at least 4 members (excludes halogenated alkanes) is 16. The number of hydrogen-bond donors (Lipinski definition) is 2. The van der Waals surface area contributed by atoms with Gasteiger partial charge in [-0.05, 0) is 42.7 Å². The highest BCUT2D eigenvalue weighted by atomic mass is 16.5. The van der Waals surface area contributed by atoms with Crippen LogP contribution in [-0.2, 0) is 20.7 Å². The van der Waals surface area contributed by atoms with E-state index in [1.165, 1.54) is 71.3 Å². The van der Waals surface area contributed by atoms with E-state index in [1.807, 2.05) is 30.5 Å². The molecule has 1 heterocycles. The quantitative estimate of drug-likeness (QED) is 0.0838. The first-order valence-electron chi connectivity index (χ1n) is 16.5. The molecule has 1 atom stereocenters. The lowest BCUT2D eigenvalue weighted by Crippen LogP contribution is -2.42. The fraction of sp³-hybridized carbons (Fsp3) is 0.622. The topological polar surface area (TPSA) is 71.2 Å². The number of hydrogen-bond acceptors (Lipinski definition) is 3. The van der Waals surface area contributed by atoms with E-state index in [0.717, 1.165) is 67.8 Å². The molecule has 0 saturated heterocycles. The second-order valence-electron chi connectivity index (χ2n) is 11.4. The first-order chi connectivity index (χ1) is 20.7. The molecule has 0 radical (unpaired) electrons. The minimum absolute atomic E-state index is 0.102. The number of H-pyrrole nitrogens is 1. The Balaban J connectivity index is 1.45. The van der Waals surface area contributed by atoms with Crippen LogP contribution in [0.5, 0.6) is 0 Å². The van der Waals surface area contributed by atoms with E-state index in [0.29, 0.717) is 12.8 Å². The van der Waals surface area contributed by atoms with Crippen LogP contribution in [0.2, 0.25) is 0 Å². The summed E-state index contributed by atoms with van der Waals surface area (Å²) in [6.45, 7) is 2.27. The molecular weight excluding hydrogens is 520 g/mol. The van der Waals surface area contributed by atoms with Crippen LogP contribution in [-0.4, -0.2) is 30.0 Å². The van der Waals surface area contributed by atoms with Gasteiger partial charge in [0.15, 0.2) is 0 Å². The van der Waals surface area contributed by atoms with Gasteiger partial charge in [0, 0.05) is 42.8 Å². The zero-order valence-electron chi connectivity index (χ0n) is 26.3. The summed E-state index contributed by atoms with van der Waals surface area (Å²) in [4.78, 5) is 28.1. The smallest absolute Gasteiger partial charge is 0.328 e. The number of ether oxygens (including phenoxy) is 1. The molecule has 2 N–H and O–H groups in total. The predicted octanol–water partition coefficient (Wildman–Crippen LogP) is 8.81. The maximum absolute atomic E-state index is 12.5. The third-order valence-corrected chi connectivity index (χ3v) is 7.77. The minimum Gasteiger partial charge on any atom is -0.467 e. The molecule has 0 saturated carbocycles. The summed E-state index contributed by atoms with van der Waals surface area (Å²) in [5.74, 6) is 11.9. The molecule has 0 fully saturated rings. The van der Waals surface area contributed by atoms with Crippen molar-refractivity contribution in [2.24, 2.45) is 0 Å². The Labute approximate surface area is 255 Å². The van der Waals surface area contributed by atoms with E-state index in [1.54, 1.807) is 0 Å². The molecule has 1 amide bonds. The Morgan fingerprint density at radius 3 is 1.93 bits per heavy atom. The van der Waals surface area contributed by atoms with Gasteiger partial charge in [-0.2, -0.15) is 0 Å². The van der Waals surface area contributed by atoms with Gasteiger partial charge in [-0.25, -0.2) is 4.79 Å². The number of esters is 1. The van der Waals surface area contributed by atoms with Gasteiger partial charge in [-0.3, -0.25) is 4.79 Å². The van der Waals surface area contributed by atoms with E-state index in [2.05, 4.69) is 40.9 Å². The minimum atomic E-state index is -0.688. The number of carbonyl (C=O) groups is 2. The van der Waals surface area contributed by atoms with Crippen LogP contribution in [0, 0.1) is 23.7 Å². The van der Waals surface area contributed by atoms with Crippen LogP contribution in [0.3, 0.4) is 0 Å². The third-order valence-electron chi connectivity index (χ3n) is 7.77. The molecule has 0 aliphatic heterocycles. The van der Waals surface area contributed by atoms with Crippen LogP contribution >= 0.6 is 0 Å². The van der Waals surface area contributed by atoms with Crippen molar-refractivity contribution in [1.29, 1.82) is 0 Å². The Kier molecular flexibility index (Phi) is 19.5. The van der Waals surface area contributed by atoms with Crippen molar-refractivity contribution in [1.82, 2.24) is 10.3 Å². The van der Waals surface area contributed by atoms with Gasteiger partial charge in [0.1, 0.15) is 6.04 Å². The largest absolute Gasteiger partial charge is 0.467 e. The van der Waals surface area contributed by atoms with Gasteiger partial charge in [0.05, 0.1) is 7.11 Å². The normalized spacial score (nSPS) is 11.3. The second kappa shape index (κ2) is 23.4. The summed E-state index contributed by atoms with van der Waals surface area (Å²) in [7, 11) is 1.36. The Morgan fingerprint density at radius 1 is 0.786 bits per heavy atom. The molecule has 2 aromatic rings. The van der Waals surface area contributed by atoms with Gasteiger partial charge in [-0.15, -0.1) is 0 Å². The molecule has 1 unspecified atom stereocenters. The van der Waals surface area contributed by atoms with E-state index in [-0.39, 0.29) is 5.91 Å². The molecular formula is C37H54N2O3. The van der Waals surface area contributed by atoms with E-state index >= 15 is 0 Å². The molecule has 5 heteroatoms. The van der Waals surface area contributed by atoms with E-state index < -0.39 is 12.0 Å². The number of amides is 1. The zero-order chi connectivity index (χ0) is 30.1. The lowest BCUT2D eigenvalue weighted by atomic mass is 10.0. The van der Waals surface area contributed by atoms with Crippen molar-refractivity contribution in [3.63, 3.8) is 0 Å². The summed E-state index contributed by atoms with van der Waals surface area (Å²) in [5.41, 5.74) is 2.00. The van der Waals surface area contributed by atoms with Gasteiger partial charge in [-0.1, -0.05) is 120 Å². The first kappa shape index (κ1) is 35.0. The van der Waals surface area contributed by atoms with E-state index in [4.69, 9.17) is 4.74 Å². The number of para-hydroxylation sites is 1. The summed E-state index contributed by atoms with van der Waals surface area (Å²) in [5, 5.41) is 3.94. The van der Waals surface area contributed by atoms with Crippen LogP contribution in [0.4, 0.5) is 0 Å². The van der Waals surface area contributed by atoms with Gasteiger partial charge >= 0.3 is 5.97 Å². The summed E-state index contributed by atoms with van der Waals surface area (Å²) >= 11 is 0. The van der Waals surface area contributed by atoms with Crippen molar-refractivity contribution < 1.29 is 14.3 Å². The number of benzene rings is 1. The monoisotopic (exact) mass is 574 g/mol. The van der Waals surface area contributed by atoms with Crippen LogP contribution in [0.1, 0.15) is 134 Å². The van der Waals surface area contributed by atoms with Crippen molar-refractivity contribution in [2.45, 2.75) is 141 Å². The third kappa shape index (κ3) is 15.7. The average molecular weight is 575 g/mol. The standard InChI is InChI=1S/C37H54N2O3/c1-3-4-5-6-7-8-9-10-11-12-13-14-15-16-17-18-19-20-21-22-23-24-29-36(40)39-35(37(41)42-2)30-32-31-38-34-28-26-25-27-33(32)34/h25-28,31,35,38H,3-13,18-24,29-30H2,1-2H3,(H,39,40). The van der Waals surface area contributed by atoms with Gasteiger partial charge in [0.2, 0.25) is 5.91 Å². The molecule has 5 nitrogen and oxygen atoms in total. The van der Waals surface area contributed by atoms with E-state index in [9.17, 15) is 9.59 Å². The Morgan fingerprint density at radius 2 is 1.33 bits per heavy atom. The Bertz CT molecular complexity index is 1140. The highest BCUT2D eigenvalue weighted by Crippen LogP contribution is 2.19. The van der Waals surface area contributed by atoms with Crippen molar-refractivity contribution in [3.8, 4) is 23.7 Å². The van der Waals surface area contributed by atoms with Crippen molar-refractivity contribution in [2.75, 3.05) is 7.11 Å². The number of fused-ring (bicyclic) bond motifs is 1. The maximum Gasteiger partial charge on any atom is 0.328 e. The molecule has 0 spiro atoms. The van der Waals surface area contributed by atoms with Crippen molar-refractivity contribution >= 4 is 22.8 Å². The predicted molar refractivity (Wildman–Crippen MR) is 175 cm³/mol. The molecule has 0 aliphatic rings. The lowest BCUT2D eigenvalue weighted by Gasteiger charge is -2.16. The molecule has 1 aromatic heterocycles. The molecule has 2 rings (SSSR count). The van der Waals surface area contributed by atoms with Crippen LogP contribution in [0.25, 0.3) is 10.9 Å². The first-order valence-corrected chi connectivity index (χ1v) is 16.5. The number of methoxy groups -OCH3 is 1. The summed E-state index contributed by atoms with van der Waals surface area (Å²) < 4.78 is 4.95. The van der Waals surface area contributed by atoms with Crippen molar-refractivity contribution in [3.05, 3.63) is 36.0 Å². The highest BCUT2D eigenvalue weighted by molar-refractivity contribution is 5.87. The highest BCUT2D eigenvalue weighted by Gasteiger charge is 2.23. The molecule has 230 valence electrons. The number of rotatable bonds is 22. The fourth-order valence-corrected chi connectivity index (χ4v) is 5.24. The lowest BCUT2D eigenvalue weighted by molar-refractivity contribution is -0.145. The molecule has 1 aromatic carbocycles. The van der Waals surface area contributed by atoms with Crippen LogP contribution < -0.4 is 5.32 Å². The van der Waals surface area contributed by atoms with Crippen LogP contribution in [0.15, 0.2) is 30.5 Å². The molecule has 42 heavy (non-hydrogen) atoms. The SMILES string of the molecule is CCCCCCCCCCCCC#CC#CCCCCCCCCC(=O)NC(Cc1c[nH]c2ccccc12)C(=O)OC. The second-order valence-corrected chi connectivity index (χ2v) is 11.4. The number of nitrogens with one attached hydrogen (secondary N) is 2. The summed E-state index contributed by atoms with van der Waals surface area (Å²) in [6.07, 6.45) is 24.5. The average Bonchev–Trinajstić information content (AvgIpc) is 3.41. The fourth-order valence-electron chi connectivity index (χ4n) is 5.24. The number of carbonyl (C=O) groups excluding carboxylic acids is 2. The molecule has 0 bridgehead atoms. The van der Waals surface area contributed by atoms with Gasteiger partial charge in [0.25, 0.3) is 0 Å². The maximum atomic E-state index is 12.5. The van der Waals surface area contributed by atoms with Gasteiger partial charge < -0.3 is 15.0 Å².